The van der Waals surface area contributed by atoms with Crippen molar-refractivity contribution in [2.45, 2.75) is 30.9 Å². The topological polar surface area (TPSA) is 131 Å². The van der Waals surface area contributed by atoms with Crippen LogP contribution in [0.5, 0.6) is 17.2 Å². The normalized spacial score (nSPS) is 19.6. The monoisotopic (exact) mass is 592 g/mol. The number of sulfonamides is 1. The summed E-state index contributed by atoms with van der Waals surface area (Å²) in [5.41, 5.74) is 1.80. The zero-order valence-electron chi connectivity index (χ0n) is 23.5. The lowest BCUT2D eigenvalue weighted by atomic mass is 10.0. The molecule has 0 radical (unpaired) electrons. The van der Waals surface area contributed by atoms with Gasteiger partial charge in [0.1, 0.15) is 16.7 Å². The van der Waals surface area contributed by atoms with Gasteiger partial charge in [-0.1, -0.05) is 18.8 Å². The first-order valence-electron chi connectivity index (χ1n) is 13.4. The molecule has 2 aromatic carbocycles. The van der Waals surface area contributed by atoms with Crippen molar-refractivity contribution < 1.29 is 32.5 Å². The number of carbonyl (C=O) groups excluding carboxylic acids is 1. The molecule has 0 bridgehead atoms. The molecule has 0 spiro atoms. The molecule has 5 rings (SSSR count). The number of hydrogen-bond donors (Lipinski definition) is 2. The first kappa shape index (κ1) is 29.2. The number of aromatic nitrogens is 1. The molecule has 2 aliphatic rings. The number of likely N-dealkylation sites (N-methyl/N-ethyl adjacent to an activating group) is 1. The smallest absolute Gasteiger partial charge is 0.321 e. The number of nitrogens with one attached hydrogen (secondary N) is 1. The van der Waals surface area contributed by atoms with E-state index in [1.807, 2.05) is 13.0 Å². The molecule has 0 saturated carbocycles. The minimum Gasteiger partial charge on any atom is -0.487 e. The van der Waals surface area contributed by atoms with Crippen molar-refractivity contribution in [3.8, 4) is 29.1 Å². The van der Waals surface area contributed by atoms with Gasteiger partial charge in [-0.3, -0.25) is 4.98 Å². The molecule has 2 aliphatic heterocycles. The summed E-state index contributed by atoms with van der Waals surface area (Å²) < 4.78 is 45.8. The quantitative estimate of drug-likeness (QED) is 0.432. The van der Waals surface area contributed by atoms with Crippen molar-refractivity contribution in [1.29, 1.82) is 0 Å². The van der Waals surface area contributed by atoms with Crippen molar-refractivity contribution in [3.63, 3.8) is 0 Å². The van der Waals surface area contributed by atoms with E-state index in [1.54, 1.807) is 62.8 Å². The first-order chi connectivity index (χ1) is 20.2. The van der Waals surface area contributed by atoms with E-state index in [-0.39, 0.29) is 49.1 Å². The van der Waals surface area contributed by atoms with Gasteiger partial charge in [0.2, 0.25) is 16.8 Å². The predicted molar refractivity (Wildman–Crippen MR) is 155 cm³/mol. The van der Waals surface area contributed by atoms with Crippen LogP contribution in [0.3, 0.4) is 0 Å². The van der Waals surface area contributed by atoms with Gasteiger partial charge in [-0.2, -0.15) is 4.31 Å². The van der Waals surface area contributed by atoms with E-state index in [1.165, 1.54) is 15.3 Å². The zero-order chi connectivity index (χ0) is 29.9. The lowest BCUT2D eigenvalue weighted by Crippen LogP contribution is -2.50. The van der Waals surface area contributed by atoms with Crippen LogP contribution in [0.15, 0.2) is 65.8 Å². The summed E-state index contributed by atoms with van der Waals surface area (Å²) in [5, 5.41) is 12.7. The maximum Gasteiger partial charge on any atom is 0.321 e. The third-order valence-corrected chi connectivity index (χ3v) is 9.12. The number of anilines is 1. The molecule has 3 atom stereocenters. The summed E-state index contributed by atoms with van der Waals surface area (Å²) in [6, 6.07) is 12.4. The highest BCUT2D eigenvalue weighted by Crippen LogP contribution is 2.35. The molecule has 3 aromatic rings. The molecule has 1 aromatic heterocycles. The lowest BCUT2D eigenvalue weighted by molar-refractivity contribution is 0.0830. The Kier molecular flexibility index (Phi) is 8.54. The second-order valence-electron chi connectivity index (χ2n) is 10.3. The number of urea groups is 1. The number of benzene rings is 2. The van der Waals surface area contributed by atoms with Gasteiger partial charge in [-0.25, -0.2) is 13.2 Å². The number of pyridine rings is 1. The summed E-state index contributed by atoms with van der Waals surface area (Å²) in [5.74, 6) is 7.00. The highest BCUT2D eigenvalue weighted by molar-refractivity contribution is 7.89. The molecule has 11 nitrogen and oxygen atoms in total. The summed E-state index contributed by atoms with van der Waals surface area (Å²) in [7, 11) is -2.37. The van der Waals surface area contributed by atoms with E-state index in [0.717, 1.165) is 0 Å². The Morgan fingerprint density at radius 1 is 1.14 bits per heavy atom. The highest BCUT2D eigenvalue weighted by atomic mass is 32.2. The van der Waals surface area contributed by atoms with Gasteiger partial charge in [0.15, 0.2) is 11.5 Å². The number of ether oxygens (including phenoxy) is 3. The van der Waals surface area contributed by atoms with Crippen LogP contribution >= 0.6 is 0 Å². The predicted octanol–water partition coefficient (Wildman–Crippen LogP) is 3.14. The standard InChI is InChI=1S/C30H32N4O7S/c1-20-16-34(21(2)18-35)42(37,38)29-11-8-22(6-7-23-5-4-12-31-15-23)13-27(29)41-28(20)17-33(3)30(36)32-24-9-10-25-26(14-24)40-19-39-25/h4-5,8-15,20-21,28,35H,16-19H2,1-3H3,(H,32,36)/t20-,21+,28+/m0/s1. The fourth-order valence-electron chi connectivity index (χ4n) is 4.65. The molecule has 0 unspecified atom stereocenters. The van der Waals surface area contributed by atoms with Crippen LogP contribution in [-0.2, 0) is 10.0 Å². The number of fused-ring (bicyclic) bond motifs is 2. The van der Waals surface area contributed by atoms with Gasteiger partial charge in [0, 0.05) is 60.8 Å². The fraction of sp³-hybridized carbons (Fsp3) is 0.333. The van der Waals surface area contributed by atoms with E-state index in [9.17, 15) is 18.3 Å². The van der Waals surface area contributed by atoms with Crippen LogP contribution in [-0.4, -0.2) is 79.4 Å². The third kappa shape index (κ3) is 6.28. The molecule has 3 heterocycles. The summed E-state index contributed by atoms with van der Waals surface area (Å²) in [6.07, 6.45) is 2.71. The molecule has 0 fully saturated rings. The summed E-state index contributed by atoms with van der Waals surface area (Å²) in [4.78, 5) is 18.6. The van der Waals surface area contributed by atoms with Crippen molar-refractivity contribution in [1.82, 2.24) is 14.2 Å². The molecular weight excluding hydrogens is 560 g/mol. The Morgan fingerprint density at radius 2 is 1.93 bits per heavy atom. The number of aliphatic hydroxyl groups is 1. The van der Waals surface area contributed by atoms with Crippen LogP contribution in [0.25, 0.3) is 0 Å². The molecule has 2 amide bonds. The largest absolute Gasteiger partial charge is 0.487 e. The van der Waals surface area contributed by atoms with E-state index < -0.39 is 22.2 Å². The molecular formula is C30H32N4O7S. The number of amides is 2. The highest BCUT2D eigenvalue weighted by Gasteiger charge is 2.38. The van der Waals surface area contributed by atoms with E-state index >= 15 is 0 Å². The molecule has 0 aliphatic carbocycles. The van der Waals surface area contributed by atoms with Crippen LogP contribution in [0.4, 0.5) is 10.5 Å². The van der Waals surface area contributed by atoms with Gasteiger partial charge < -0.3 is 29.5 Å². The number of rotatable bonds is 5. The number of carbonyl (C=O) groups is 1. The van der Waals surface area contributed by atoms with Gasteiger partial charge in [0.05, 0.1) is 13.2 Å². The Hall–Kier alpha value is -4.31. The lowest BCUT2D eigenvalue weighted by Gasteiger charge is -2.37. The molecule has 42 heavy (non-hydrogen) atoms. The second kappa shape index (κ2) is 12.3. The SMILES string of the molecule is C[C@H](CO)N1C[C@H](C)[C@@H](CN(C)C(=O)Nc2ccc3c(c2)OCO3)Oc2cc(C#Cc3cccnc3)ccc2S1(=O)=O. The van der Waals surface area contributed by atoms with Crippen LogP contribution in [0.2, 0.25) is 0 Å². The van der Waals surface area contributed by atoms with Crippen molar-refractivity contribution in [3.05, 3.63) is 72.1 Å². The third-order valence-electron chi connectivity index (χ3n) is 7.10. The Bertz CT molecular complexity index is 1620. The van der Waals surface area contributed by atoms with E-state index in [4.69, 9.17) is 14.2 Å². The maximum absolute atomic E-state index is 13.7. The minimum atomic E-state index is -4.01. The van der Waals surface area contributed by atoms with Gasteiger partial charge in [0.25, 0.3) is 0 Å². The van der Waals surface area contributed by atoms with Crippen molar-refractivity contribution in [2.75, 3.05) is 38.9 Å². The summed E-state index contributed by atoms with van der Waals surface area (Å²) in [6.45, 7) is 3.54. The van der Waals surface area contributed by atoms with Crippen LogP contribution in [0.1, 0.15) is 25.0 Å². The van der Waals surface area contributed by atoms with Gasteiger partial charge >= 0.3 is 6.03 Å². The van der Waals surface area contributed by atoms with Gasteiger partial charge in [-0.15, -0.1) is 0 Å². The van der Waals surface area contributed by atoms with E-state index in [2.05, 4.69) is 22.1 Å². The molecule has 0 saturated heterocycles. The second-order valence-corrected chi connectivity index (χ2v) is 12.1. The average molecular weight is 593 g/mol. The number of hydrogen-bond acceptors (Lipinski definition) is 8. The Labute approximate surface area is 245 Å². The Morgan fingerprint density at radius 3 is 2.69 bits per heavy atom. The maximum atomic E-state index is 13.7. The molecule has 12 heteroatoms. The van der Waals surface area contributed by atoms with E-state index in [0.29, 0.717) is 28.3 Å². The zero-order valence-corrected chi connectivity index (χ0v) is 24.3. The number of nitrogens with zero attached hydrogens (tertiary/aromatic N) is 3. The molecule has 220 valence electrons. The number of aliphatic hydroxyl groups excluding tert-OH is 1. The first-order valence-corrected chi connectivity index (χ1v) is 14.9. The van der Waals surface area contributed by atoms with Crippen molar-refractivity contribution in [2.24, 2.45) is 5.92 Å². The van der Waals surface area contributed by atoms with Gasteiger partial charge in [-0.05, 0) is 49.4 Å². The average Bonchev–Trinajstić information content (AvgIpc) is 3.46. The molecule has 2 N–H and O–H groups in total. The Balaban J connectivity index is 1.42. The minimum absolute atomic E-state index is 0.0286. The fourth-order valence-corrected chi connectivity index (χ4v) is 6.47. The van der Waals surface area contributed by atoms with Crippen LogP contribution in [0, 0.1) is 17.8 Å². The van der Waals surface area contributed by atoms with Crippen molar-refractivity contribution >= 4 is 21.7 Å². The van der Waals surface area contributed by atoms with Crippen LogP contribution < -0.4 is 19.5 Å². The summed E-state index contributed by atoms with van der Waals surface area (Å²) >= 11 is 0.